The number of hydrogen-bond acceptors (Lipinski definition) is 4. The number of rotatable bonds is 6. The van der Waals surface area contributed by atoms with Crippen molar-refractivity contribution in [2.24, 2.45) is 0 Å². The van der Waals surface area contributed by atoms with Gasteiger partial charge in [0.2, 0.25) is 5.91 Å². The number of nitrogens with one attached hydrogen (secondary N) is 1. The minimum atomic E-state index is -0.352. The van der Waals surface area contributed by atoms with Gasteiger partial charge in [-0.2, -0.15) is 0 Å². The third kappa shape index (κ3) is 4.64. The highest BCUT2D eigenvalue weighted by atomic mass is 32.2. The summed E-state index contributed by atoms with van der Waals surface area (Å²) in [5.74, 6) is -0.0385. The predicted molar refractivity (Wildman–Crippen MR) is 108 cm³/mol. The van der Waals surface area contributed by atoms with Crippen molar-refractivity contribution in [3.63, 3.8) is 0 Å². The SMILES string of the molecule is O=C(CSc1nnc(-c2ccc(F)cc2)n1-c1ccc(F)cc1)NC1CCCC1. The fourth-order valence-electron chi connectivity index (χ4n) is 3.44. The Morgan fingerprint density at radius 2 is 1.62 bits per heavy atom. The number of amides is 1. The third-order valence-electron chi connectivity index (χ3n) is 4.87. The average Bonchev–Trinajstić information content (AvgIpc) is 3.37. The fourth-order valence-corrected chi connectivity index (χ4v) is 4.20. The number of halogens is 2. The molecule has 0 spiro atoms. The number of aromatic nitrogens is 3. The van der Waals surface area contributed by atoms with E-state index in [4.69, 9.17) is 0 Å². The van der Waals surface area contributed by atoms with E-state index in [9.17, 15) is 13.6 Å². The Bertz CT molecular complexity index is 983. The van der Waals surface area contributed by atoms with Gasteiger partial charge >= 0.3 is 0 Å². The van der Waals surface area contributed by atoms with Crippen LogP contribution in [-0.2, 0) is 4.79 Å². The lowest BCUT2D eigenvalue weighted by Crippen LogP contribution is -2.33. The summed E-state index contributed by atoms with van der Waals surface area (Å²) in [6, 6.07) is 12.1. The van der Waals surface area contributed by atoms with E-state index >= 15 is 0 Å². The van der Waals surface area contributed by atoms with Gasteiger partial charge < -0.3 is 5.32 Å². The maximum Gasteiger partial charge on any atom is 0.230 e. The summed E-state index contributed by atoms with van der Waals surface area (Å²) in [7, 11) is 0. The molecule has 0 atom stereocenters. The van der Waals surface area contributed by atoms with Crippen LogP contribution in [0, 0.1) is 11.6 Å². The van der Waals surface area contributed by atoms with Gasteiger partial charge in [0, 0.05) is 17.3 Å². The molecule has 0 aliphatic heterocycles. The van der Waals surface area contributed by atoms with Gasteiger partial charge in [-0.05, 0) is 61.4 Å². The van der Waals surface area contributed by atoms with Gasteiger partial charge in [-0.25, -0.2) is 8.78 Å². The molecule has 1 fully saturated rings. The number of carbonyl (C=O) groups is 1. The summed E-state index contributed by atoms with van der Waals surface area (Å²) in [4.78, 5) is 12.3. The highest BCUT2D eigenvalue weighted by molar-refractivity contribution is 7.99. The van der Waals surface area contributed by atoms with Gasteiger partial charge in [0.25, 0.3) is 0 Å². The summed E-state index contributed by atoms with van der Waals surface area (Å²) in [6.45, 7) is 0. The normalized spacial score (nSPS) is 14.3. The van der Waals surface area contributed by atoms with E-state index in [1.54, 1.807) is 28.8 Å². The van der Waals surface area contributed by atoms with Gasteiger partial charge in [-0.15, -0.1) is 10.2 Å². The van der Waals surface area contributed by atoms with E-state index in [2.05, 4.69) is 15.5 Å². The Balaban J connectivity index is 1.60. The van der Waals surface area contributed by atoms with Crippen LogP contribution in [-0.4, -0.2) is 32.5 Å². The quantitative estimate of drug-likeness (QED) is 0.609. The molecule has 2 aromatic carbocycles. The number of thioether (sulfide) groups is 1. The molecule has 5 nitrogen and oxygen atoms in total. The zero-order chi connectivity index (χ0) is 20.2. The van der Waals surface area contributed by atoms with E-state index < -0.39 is 0 Å². The molecule has 8 heteroatoms. The van der Waals surface area contributed by atoms with Gasteiger partial charge in [0.15, 0.2) is 11.0 Å². The lowest BCUT2D eigenvalue weighted by atomic mass is 10.2. The molecule has 1 saturated carbocycles. The second-order valence-electron chi connectivity index (χ2n) is 6.96. The fraction of sp³-hybridized carbons (Fsp3) is 0.286. The van der Waals surface area contributed by atoms with Gasteiger partial charge in [-0.3, -0.25) is 9.36 Å². The number of benzene rings is 2. The summed E-state index contributed by atoms with van der Waals surface area (Å²) >= 11 is 1.27. The molecule has 0 radical (unpaired) electrons. The number of carbonyl (C=O) groups excluding carboxylic acids is 1. The van der Waals surface area contributed by atoms with Crippen LogP contribution < -0.4 is 5.32 Å². The monoisotopic (exact) mass is 414 g/mol. The van der Waals surface area contributed by atoms with E-state index in [0.717, 1.165) is 25.7 Å². The molecule has 4 rings (SSSR count). The first-order valence-electron chi connectivity index (χ1n) is 9.49. The largest absolute Gasteiger partial charge is 0.353 e. The van der Waals surface area contributed by atoms with Gasteiger partial charge in [-0.1, -0.05) is 24.6 Å². The average molecular weight is 414 g/mol. The van der Waals surface area contributed by atoms with Crippen LogP contribution in [0.1, 0.15) is 25.7 Å². The third-order valence-corrected chi connectivity index (χ3v) is 5.80. The minimum Gasteiger partial charge on any atom is -0.353 e. The van der Waals surface area contributed by atoms with Crippen LogP contribution >= 0.6 is 11.8 Å². The Kier molecular flexibility index (Phi) is 5.89. The van der Waals surface area contributed by atoms with E-state index in [1.807, 2.05) is 0 Å². The maximum atomic E-state index is 13.4. The van der Waals surface area contributed by atoms with Crippen LogP contribution in [0.25, 0.3) is 17.1 Å². The molecule has 1 aliphatic carbocycles. The first kappa shape index (κ1) is 19.6. The molecule has 3 aromatic rings. The molecular weight excluding hydrogens is 394 g/mol. The highest BCUT2D eigenvalue weighted by Crippen LogP contribution is 2.28. The van der Waals surface area contributed by atoms with Crippen molar-refractivity contribution in [2.75, 3.05) is 5.75 Å². The van der Waals surface area contributed by atoms with Crippen molar-refractivity contribution >= 4 is 17.7 Å². The summed E-state index contributed by atoms with van der Waals surface area (Å²) in [5, 5.41) is 12.0. The molecule has 0 unspecified atom stereocenters. The Morgan fingerprint density at radius 3 is 2.28 bits per heavy atom. The van der Waals surface area contributed by atoms with Crippen molar-refractivity contribution < 1.29 is 13.6 Å². The molecule has 0 saturated heterocycles. The van der Waals surface area contributed by atoms with Crippen molar-refractivity contribution in [2.45, 2.75) is 36.9 Å². The molecule has 1 amide bonds. The molecule has 1 aliphatic rings. The van der Waals surface area contributed by atoms with E-state index in [0.29, 0.717) is 22.2 Å². The lowest BCUT2D eigenvalue weighted by Gasteiger charge is -2.12. The van der Waals surface area contributed by atoms with Crippen molar-refractivity contribution in [1.29, 1.82) is 0 Å². The first-order chi connectivity index (χ1) is 14.1. The van der Waals surface area contributed by atoms with Gasteiger partial charge in [0.1, 0.15) is 11.6 Å². The lowest BCUT2D eigenvalue weighted by molar-refractivity contribution is -0.119. The van der Waals surface area contributed by atoms with Crippen molar-refractivity contribution in [3.05, 3.63) is 60.2 Å². The zero-order valence-corrected chi connectivity index (χ0v) is 16.5. The highest BCUT2D eigenvalue weighted by Gasteiger charge is 2.20. The van der Waals surface area contributed by atoms with Crippen LogP contribution in [0.5, 0.6) is 0 Å². The minimum absolute atomic E-state index is 0.0427. The second-order valence-corrected chi connectivity index (χ2v) is 7.90. The molecule has 150 valence electrons. The van der Waals surface area contributed by atoms with Crippen LogP contribution in [0.4, 0.5) is 8.78 Å². The molecule has 1 heterocycles. The molecule has 0 bridgehead atoms. The summed E-state index contributed by atoms with van der Waals surface area (Å²) < 4.78 is 28.5. The Labute approximate surface area is 171 Å². The second kappa shape index (κ2) is 8.73. The van der Waals surface area contributed by atoms with Crippen LogP contribution in [0.2, 0.25) is 0 Å². The summed E-state index contributed by atoms with van der Waals surface area (Å²) in [5.41, 5.74) is 1.33. The van der Waals surface area contributed by atoms with E-state index in [1.165, 1.54) is 36.0 Å². The van der Waals surface area contributed by atoms with Crippen LogP contribution in [0.15, 0.2) is 53.7 Å². The van der Waals surface area contributed by atoms with E-state index in [-0.39, 0.29) is 29.3 Å². The maximum absolute atomic E-state index is 13.4. The zero-order valence-electron chi connectivity index (χ0n) is 15.6. The van der Waals surface area contributed by atoms with Gasteiger partial charge in [0.05, 0.1) is 5.75 Å². The smallest absolute Gasteiger partial charge is 0.230 e. The van der Waals surface area contributed by atoms with Crippen LogP contribution in [0.3, 0.4) is 0 Å². The number of hydrogen-bond donors (Lipinski definition) is 1. The molecule has 29 heavy (non-hydrogen) atoms. The topological polar surface area (TPSA) is 59.8 Å². The standard InChI is InChI=1S/C21H20F2N4OS/c22-15-7-5-14(6-8-15)20-25-26-21(27(20)18-11-9-16(23)10-12-18)29-13-19(28)24-17-3-1-2-4-17/h5-12,17H,1-4,13H2,(H,24,28). The predicted octanol–water partition coefficient (Wildman–Crippen LogP) is 4.36. The Morgan fingerprint density at radius 1 is 1.00 bits per heavy atom. The van der Waals surface area contributed by atoms with Crippen molar-refractivity contribution in [1.82, 2.24) is 20.1 Å². The summed E-state index contributed by atoms with van der Waals surface area (Å²) in [6.07, 6.45) is 4.35. The molecular formula is C21H20F2N4OS. The number of nitrogens with zero attached hydrogens (tertiary/aromatic N) is 3. The molecule has 1 aromatic heterocycles. The van der Waals surface area contributed by atoms with Crippen molar-refractivity contribution in [3.8, 4) is 17.1 Å². The Hall–Kier alpha value is -2.74. The first-order valence-corrected chi connectivity index (χ1v) is 10.5. The molecule has 1 N–H and O–H groups in total.